The van der Waals surface area contributed by atoms with Crippen molar-refractivity contribution >= 4 is 6.01 Å². The Hall–Kier alpha value is -1.06. The van der Waals surface area contributed by atoms with E-state index in [1.165, 1.54) is 25.7 Å². The number of anilines is 1. The van der Waals surface area contributed by atoms with Crippen LogP contribution in [-0.4, -0.2) is 16.2 Å². The van der Waals surface area contributed by atoms with Gasteiger partial charge in [0.25, 0.3) is 0 Å². The molecule has 2 unspecified atom stereocenters. The lowest BCUT2D eigenvalue weighted by Crippen LogP contribution is -2.26. The lowest BCUT2D eigenvalue weighted by molar-refractivity contribution is 0.347. The summed E-state index contributed by atoms with van der Waals surface area (Å²) in [6, 6.07) is 1.08. The Balaban J connectivity index is 1.90. The van der Waals surface area contributed by atoms with Crippen LogP contribution in [0.25, 0.3) is 0 Å². The first-order valence-corrected chi connectivity index (χ1v) is 5.31. The van der Waals surface area contributed by atoms with E-state index in [0.717, 1.165) is 5.92 Å². The Morgan fingerprint density at radius 2 is 2.29 bits per heavy atom. The third-order valence-electron chi connectivity index (χ3n) is 2.79. The van der Waals surface area contributed by atoms with Crippen molar-refractivity contribution in [2.45, 2.75) is 45.6 Å². The summed E-state index contributed by atoms with van der Waals surface area (Å²) in [7, 11) is 0. The Bertz CT molecular complexity index is 297. The van der Waals surface area contributed by atoms with Gasteiger partial charge in [0.1, 0.15) is 0 Å². The third kappa shape index (κ3) is 2.25. The third-order valence-corrected chi connectivity index (χ3v) is 2.79. The zero-order chi connectivity index (χ0) is 9.97. The minimum atomic E-state index is 0.513. The molecule has 0 amide bonds. The maximum Gasteiger partial charge on any atom is 0.321 e. The van der Waals surface area contributed by atoms with Gasteiger partial charge in [-0.25, -0.2) is 0 Å². The van der Waals surface area contributed by atoms with E-state index in [4.69, 9.17) is 4.52 Å². The highest BCUT2D eigenvalue weighted by molar-refractivity contribution is 5.20. The fraction of sp³-hybridized carbons (Fsp3) is 0.800. The van der Waals surface area contributed by atoms with Crippen molar-refractivity contribution in [1.29, 1.82) is 0 Å². The lowest BCUT2D eigenvalue weighted by atomic mass is 9.87. The second-order valence-electron chi connectivity index (χ2n) is 4.26. The first-order chi connectivity index (χ1) is 6.74. The molecule has 0 spiro atoms. The highest BCUT2D eigenvalue weighted by Crippen LogP contribution is 2.25. The average molecular weight is 195 g/mol. The van der Waals surface area contributed by atoms with Crippen molar-refractivity contribution in [3.8, 4) is 0 Å². The van der Waals surface area contributed by atoms with E-state index < -0.39 is 0 Å². The second-order valence-corrected chi connectivity index (χ2v) is 4.26. The summed E-state index contributed by atoms with van der Waals surface area (Å²) in [4.78, 5) is 4.14. The maximum absolute atomic E-state index is 5.03. The van der Waals surface area contributed by atoms with Crippen LogP contribution in [0, 0.1) is 12.8 Å². The number of hydrogen-bond donors (Lipinski definition) is 1. The summed E-state index contributed by atoms with van der Waals surface area (Å²) in [6.45, 7) is 4.13. The summed E-state index contributed by atoms with van der Waals surface area (Å²) in [5, 5.41) is 7.04. The van der Waals surface area contributed by atoms with Gasteiger partial charge in [-0.2, -0.15) is 4.98 Å². The zero-order valence-electron chi connectivity index (χ0n) is 8.79. The molecule has 0 radical (unpaired) electrons. The van der Waals surface area contributed by atoms with Crippen LogP contribution in [0.1, 0.15) is 38.4 Å². The summed E-state index contributed by atoms with van der Waals surface area (Å²) in [5.74, 6) is 1.50. The average Bonchev–Trinajstić information content (AvgIpc) is 2.51. The molecular formula is C10H17N3O. The number of rotatable bonds is 2. The normalized spacial score (nSPS) is 27.6. The summed E-state index contributed by atoms with van der Waals surface area (Å²) < 4.78 is 5.03. The van der Waals surface area contributed by atoms with Crippen LogP contribution in [0.15, 0.2) is 4.52 Å². The van der Waals surface area contributed by atoms with Gasteiger partial charge in [-0.05, 0) is 25.7 Å². The monoisotopic (exact) mass is 195 g/mol. The van der Waals surface area contributed by atoms with Crippen LogP contribution in [0.2, 0.25) is 0 Å². The number of hydrogen-bond acceptors (Lipinski definition) is 4. The highest BCUT2D eigenvalue weighted by Gasteiger charge is 2.19. The summed E-state index contributed by atoms with van der Waals surface area (Å²) in [5.41, 5.74) is 0. The van der Waals surface area contributed by atoms with Crippen molar-refractivity contribution in [3.05, 3.63) is 5.82 Å². The van der Waals surface area contributed by atoms with E-state index in [1.807, 2.05) is 6.92 Å². The molecule has 1 N–H and O–H groups in total. The van der Waals surface area contributed by atoms with Crippen LogP contribution in [0.5, 0.6) is 0 Å². The first kappa shape index (κ1) is 9.49. The lowest BCUT2D eigenvalue weighted by Gasteiger charge is -2.26. The minimum Gasteiger partial charge on any atom is -0.335 e. The van der Waals surface area contributed by atoms with Gasteiger partial charge in [-0.15, -0.1) is 0 Å². The number of nitrogens with one attached hydrogen (secondary N) is 1. The van der Waals surface area contributed by atoms with Gasteiger partial charge in [0.15, 0.2) is 5.82 Å². The number of aryl methyl sites for hydroxylation is 1. The van der Waals surface area contributed by atoms with Crippen LogP contribution < -0.4 is 5.32 Å². The van der Waals surface area contributed by atoms with Crippen LogP contribution in [0.4, 0.5) is 6.01 Å². The van der Waals surface area contributed by atoms with Crippen LogP contribution in [0.3, 0.4) is 0 Å². The van der Waals surface area contributed by atoms with Gasteiger partial charge in [-0.1, -0.05) is 24.9 Å². The Morgan fingerprint density at radius 3 is 2.93 bits per heavy atom. The molecule has 0 aliphatic heterocycles. The summed E-state index contributed by atoms with van der Waals surface area (Å²) in [6.07, 6.45) is 5.07. The van der Waals surface area contributed by atoms with Gasteiger partial charge < -0.3 is 9.84 Å². The molecule has 1 aromatic heterocycles. The Morgan fingerprint density at radius 1 is 1.43 bits per heavy atom. The molecule has 0 saturated heterocycles. The topological polar surface area (TPSA) is 51.0 Å². The molecule has 4 heteroatoms. The van der Waals surface area contributed by atoms with E-state index >= 15 is 0 Å². The van der Waals surface area contributed by atoms with Gasteiger partial charge >= 0.3 is 6.01 Å². The molecular weight excluding hydrogens is 178 g/mol. The predicted octanol–water partition coefficient (Wildman–Crippen LogP) is 2.37. The van der Waals surface area contributed by atoms with Gasteiger partial charge in [0.05, 0.1) is 0 Å². The molecule has 0 aromatic carbocycles. The molecule has 1 heterocycles. The van der Waals surface area contributed by atoms with Crippen molar-refractivity contribution in [2.24, 2.45) is 5.92 Å². The largest absolute Gasteiger partial charge is 0.335 e. The maximum atomic E-state index is 5.03. The smallest absolute Gasteiger partial charge is 0.321 e. The van der Waals surface area contributed by atoms with Crippen molar-refractivity contribution in [1.82, 2.24) is 10.1 Å². The molecule has 0 bridgehead atoms. The van der Waals surface area contributed by atoms with Crippen molar-refractivity contribution in [3.63, 3.8) is 0 Å². The van der Waals surface area contributed by atoms with Crippen LogP contribution >= 0.6 is 0 Å². The van der Waals surface area contributed by atoms with Crippen LogP contribution in [-0.2, 0) is 0 Å². The quantitative estimate of drug-likeness (QED) is 0.787. The molecule has 78 valence electrons. The molecule has 1 saturated carbocycles. The molecule has 4 nitrogen and oxygen atoms in total. The number of aromatic nitrogens is 2. The molecule has 1 fully saturated rings. The fourth-order valence-electron chi connectivity index (χ4n) is 2.10. The number of nitrogens with zero attached hydrogens (tertiary/aromatic N) is 2. The van der Waals surface area contributed by atoms with E-state index in [2.05, 4.69) is 22.4 Å². The van der Waals surface area contributed by atoms with Gasteiger partial charge in [-0.3, -0.25) is 0 Å². The minimum absolute atomic E-state index is 0.513. The SMILES string of the molecule is Cc1noc(NC2CCCC(C)C2)n1. The Labute approximate surface area is 84.1 Å². The second kappa shape index (κ2) is 3.98. The van der Waals surface area contributed by atoms with Gasteiger partial charge in [0.2, 0.25) is 0 Å². The van der Waals surface area contributed by atoms with E-state index in [1.54, 1.807) is 0 Å². The Kier molecular flexibility index (Phi) is 2.70. The molecule has 14 heavy (non-hydrogen) atoms. The molecule has 2 atom stereocenters. The molecule has 1 aliphatic carbocycles. The van der Waals surface area contributed by atoms with E-state index in [9.17, 15) is 0 Å². The molecule has 2 rings (SSSR count). The standard InChI is InChI=1S/C10H17N3O/c1-7-4-3-5-9(6-7)12-10-11-8(2)13-14-10/h7,9H,3-6H2,1-2H3,(H,11,12,13). The first-order valence-electron chi connectivity index (χ1n) is 5.31. The highest BCUT2D eigenvalue weighted by atomic mass is 16.5. The van der Waals surface area contributed by atoms with Gasteiger partial charge in [0, 0.05) is 6.04 Å². The molecule has 1 aliphatic rings. The van der Waals surface area contributed by atoms with Crippen molar-refractivity contribution < 1.29 is 4.52 Å². The van der Waals surface area contributed by atoms with E-state index in [0.29, 0.717) is 17.9 Å². The fourth-order valence-corrected chi connectivity index (χ4v) is 2.10. The predicted molar refractivity (Wildman–Crippen MR) is 54.1 cm³/mol. The zero-order valence-corrected chi connectivity index (χ0v) is 8.79. The molecule has 1 aromatic rings. The summed E-state index contributed by atoms with van der Waals surface area (Å²) >= 11 is 0. The van der Waals surface area contributed by atoms with Crippen molar-refractivity contribution in [2.75, 3.05) is 5.32 Å². The van der Waals surface area contributed by atoms with E-state index in [-0.39, 0.29) is 0 Å².